The van der Waals surface area contributed by atoms with Crippen molar-refractivity contribution in [3.63, 3.8) is 0 Å². The molecule has 2 heterocycles. The molecule has 2 aromatic heterocycles. The fourth-order valence-corrected chi connectivity index (χ4v) is 6.00. The Morgan fingerprint density at radius 1 is 0.675 bits per heavy atom. The summed E-state index contributed by atoms with van der Waals surface area (Å²) in [4.78, 5) is 16.7. The average Bonchev–Trinajstić information content (AvgIpc) is 3.66. The number of thiophene rings is 2. The number of anilines is 3. The van der Waals surface area contributed by atoms with E-state index in [1.54, 1.807) is 29.5 Å². The number of aliphatic carboxylic acids is 1. The molecule has 40 heavy (non-hydrogen) atoms. The fraction of sp³-hybridized carbons (Fsp3) is 0. The lowest BCUT2D eigenvalue weighted by Gasteiger charge is -2.25. The van der Waals surface area contributed by atoms with Gasteiger partial charge in [-0.1, -0.05) is 48.5 Å². The molecule has 0 bridgehead atoms. The molecule has 5 nitrogen and oxygen atoms in total. The number of benzene rings is 3. The van der Waals surface area contributed by atoms with Gasteiger partial charge in [-0.2, -0.15) is 10.5 Å². The molecule has 0 spiro atoms. The zero-order valence-electron chi connectivity index (χ0n) is 21.1. The van der Waals surface area contributed by atoms with Gasteiger partial charge in [0.15, 0.2) is 0 Å². The molecule has 0 amide bonds. The van der Waals surface area contributed by atoms with E-state index in [4.69, 9.17) is 10.4 Å². The maximum absolute atomic E-state index is 11.1. The van der Waals surface area contributed by atoms with Crippen LogP contribution in [0.4, 0.5) is 17.1 Å². The normalized spacial score (nSPS) is 11.4. The topological polar surface area (TPSA) is 88.1 Å². The maximum atomic E-state index is 11.1. The number of carboxylic acids is 1. The second-order valence-electron chi connectivity index (χ2n) is 8.60. The predicted octanol–water partition coefficient (Wildman–Crippen LogP) is 9.00. The van der Waals surface area contributed by atoms with Crippen LogP contribution < -0.4 is 4.90 Å². The van der Waals surface area contributed by atoms with Gasteiger partial charge in [-0.3, -0.25) is 0 Å². The Morgan fingerprint density at radius 3 is 1.82 bits per heavy atom. The van der Waals surface area contributed by atoms with Crippen LogP contribution >= 0.6 is 22.7 Å². The summed E-state index contributed by atoms with van der Waals surface area (Å²) in [6.07, 6.45) is 3.14. The SMILES string of the molecule is N#C/C(=C\c1ccc(/C(C#N)=C/c2ccc(-c3ccc(N(c4ccccc4)c4ccccc4)cc3)s2)s1)C(=O)O. The summed E-state index contributed by atoms with van der Waals surface area (Å²) in [7, 11) is 0. The minimum atomic E-state index is -1.28. The van der Waals surface area contributed by atoms with Crippen LogP contribution in [0.2, 0.25) is 0 Å². The van der Waals surface area contributed by atoms with Crippen molar-refractivity contribution < 1.29 is 9.90 Å². The van der Waals surface area contributed by atoms with Gasteiger partial charge in [0.25, 0.3) is 0 Å². The molecule has 0 atom stereocenters. The fourth-order valence-electron chi connectivity index (χ4n) is 4.12. The standard InChI is InChI=1S/C33H21N3O2S2/c34-21-24(32-18-16-30(40-32)20-25(22-35)33(37)38)19-29-15-17-31(39-29)23-11-13-28(14-12-23)36(26-7-3-1-4-8-26)27-9-5-2-6-10-27/h1-20H,(H,37,38)/b24-19+,25-20+. The molecule has 192 valence electrons. The predicted molar refractivity (Wildman–Crippen MR) is 163 cm³/mol. The van der Waals surface area contributed by atoms with E-state index in [-0.39, 0.29) is 5.57 Å². The lowest BCUT2D eigenvalue weighted by Crippen LogP contribution is -2.09. The minimum absolute atomic E-state index is 0.347. The first kappa shape index (κ1) is 26.4. The summed E-state index contributed by atoms with van der Waals surface area (Å²) in [5.74, 6) is -1.28. The van der Waals surface area contributed by atoms with E-state index in [0.717, 1.165) is 32.4 Å². The van der Waals surface area contributed by atoms with E-state index in [0.29, 0.717) is 15.3 Å². The van der Waals surface area contributed by atoms with Crippen molar-refractivity contribution in [3.8, 4) is 22.6 Å². The number of para-hydroxylation sites is 2. The Balaban J connectivity index is 1.39. The number of allylic oxidation sites excluding steroid dienone is 1. The second kappa shape index (κ2) is 12.1. The van der Waals surface area contributed by atoms with Crippen LogP contribution in [0.1, 0.15) is 14.6 Å². The first-order chi connectivity index (χ1) is 19.6. The van der Waals surface area contributed by atoms with Gasteiger partial charge >= 0.3 is 5.97 Å². The van der Waals surface area contributed by atoms with E-state index in [1.165, 1.54) is 17.4 Å². The van der Waals surface area contributed by atoms with Gasteiger partial charge in [0.05, 0.1) is 5.57 Å². The molecule has 0 saturated carbocycles. The molecule has 3 aromatic carbocycles. The molecule has 0 aliphatic rings. The first-order valence-corrected chi connectivity index (χ1v) is 13.9. The van der Waals surface area contributed by atoms with Crippen LogP contribution in [0.3, 0.4) is 0 Å². The molecule has 7 heteroatoms. The third-order valence-corrected chi connectivity index (χ3v) is 8.15. The van der Waals surface area contributed by atoms with Gasteiger partial charge in [-0.15, -0.1) is 22.7 Å². The van der Waals surface area contributed by atoms with E-state index < -0.39 is 5.97 Å². The summed E-state index contributed by atoms with van der Waals surface area (Å²) in [5, 5.41) is 27.9. The highest BCUT2D eigenvalue weighted by Gasteiger charge is 2.13. The quantitative estimate of drug-likeness (QED) is 0.152. The number of carbonyl (C=O) groups is 1. The average molecular weight is 556 g/mol. The number of hydrogen-bond acceptors (Lipinski definition) is 6. The number of nitrogens with zero attached hydrogens (tertiary/aromatic N) is 3. The summed E-state index contributed by atoms with van der Waals surface area (Å²) in [6, 6.07) is 40.3. The minimum Gasteiger partial charge on any atom is -0.477 e. The number of rotatable bonds is 8. The lowest BCUT2D eigenvalue weighted by molar-refractivity contribution is -0.132. The molecular weight excluding hydrogens is 535 g/mol. The van der Waals surface area contributed by atoms with Crippen LogP contribution in [0.5, 0.6) is 0 Å². The molecule has 0 fully saturated rings. The molecule has 1 N–H and O–H groups in total. The van der Waals surface area contributed by atoms with Crippen molar-refractivity contribution in [2.45, 2.75) is 0 Å². The van der Waals surface area contributed by atoms with Gasteiger partial charge in [0.1, 0.15) is 17.7 Å². The zero-order chi connectivity index (χ0) is 27.9. The van der Waals surface area contributed by atoms with E-state index >= 15 is 0 Å². The molecule has 0 radical (unpaired) electrons. The molecular formula is C33H21N3O2S2. The highest BCUT2D eigenvalue weighted by Crippen LogP contribution is 2.37. The van der Waals surface area contributed by atoms with Gasteiger partial charge < -0.3 is 10.0 Å². The Bertz CT molecular complexity index is 1750. The third-order valence-electron chi connectivity index (χ3n) is 6.00. The monoisotopic (exact) mass is 555 g/mol. The van der Waals surface area contributed by atoms with Crippen molar-refractivity contribution in [1.29, 1.82) is 10.5 Å². The summed E-state index contributed by atoms with van der Waals surface area (Å²) < 4.78 is 0. The number of nitriles is 2. The Morgan fingerprint density at radius 2 is 1.25 bits per heavy atom. The van der Waals surface area contributed by atoms with E-state index in [9.17, 15) is 10.1 Å². The highest BCUT2D eigenvalue weighted by atomic mass is 32.1. The molecule has 5 aromatic rings. The van der Waals surface area contributed by atoms with Gasteiger partial charge in [-0.05, 0) is 78.4 Å². The largest absolute Gasteiger partial charge is 0.477 e. The summed E-state index contributed by atoms with van der Waals surface area (Å²) in [5.41, 5.74) is 4.41. The molecule has 0 saturated heterocycles. The van der Waals surface area contributed by atoms with Gasteiger partial charge in [0, 0.05) is 36.6 Å². The Hall–Kier alpha value is -5.21. The van der Waals surface area contributed by atoms with Crippen LogP contribution in [0.25, 0.3) is 28.2 Å². The van der Waals surface area contributed by atoms with Crippen LogP contribution in [0.15, 0.2) is 115 Å². The molecule has 5 rings (SSSR count). The van der Waals surface area contributed by atoms with Crippen molar-refractivity contribution in [2.75, 3.05) is 4.90 Å². The number of carboxylic acid groups (broad SMARTS) is 1. The van der Waals surface area contributed by atoms with Crippen LogP contribution in [-0.2, 0) is 4.79 Å². The lowest BCUT2D eigenvalue weighted by atomic mass is 10.1. The molecule has 0 aliphatic heterocycles. The highest BCUT2D eigenvalue weighted by molar-refractivity contribution is 7.16. The molecule has 0 unspecified atom stereocenters. The van der Waals surface area contributed by atoms with Crippen molar-refractivity contribution in [3.05, 3.63) is 129 Å². The summed E-state index contributed by atoms with van der Waals surface area (Å²) >= 11 is 2.86. The Labute approximate surface area is 240 Å². The van der Waals surface area contributed by atoms with Crippen molar-refractivity contribution in [1.82, 2.24) is 0 Å². The maximum Gasteiger partial charge on any atom is 0.346 e. The van der Waals surface area contributed by atoms with E-state index in [1.807, 2.05) is 54.6 Å². The zero-order valence-corrected chi connectivity index (χ0v) is 22.7. The summed E-state index contributed by atoms with van der Waals surface area (Å²) in [6.45, 7) is 0. The number of hydrogen-bond donors (Lipinski definition) is 1. The first-order valence-electron chi connectivity index (χ1n) is 12.2. The van der Waals surface area contributed by atoms with Gasteiger partial charge in [0.2, 0.25) is 0 Å². The van der Waals surface area contributed by atoms with Crippen molar-refractivity contribution in [2.24, 2.45) is 0 Å². The van der Waals surface area contributed by atoms with Gasteiger partial charge in [-0.25, -0.2) is 4.79 Å². The van der Waals surface area contributed by atoms with Crippen molar-refractivity contribution >= 4 is 63.4 Å². The van der Waals surface area contributed by atoms with Crippen LogP contribution in [-0.4, -0.2) is 11.1 Å². The van der Waals surface area contributed by atoms with E-state index in [2.05, 4.69) is 59.5 Å². The van der Waals surface area contributed by atoms with Crippen LogP contribution in [0, 0.1) is 22.7 Å². The molecule has 0 aliphatic carbocycles. The Kier molecular flexibility index (Phi) is 7.99. The smallest absolute Gasteiger partial charge is 0.346 e. The second-order valence-corrected chi connectivity index (χ2v) is 10.8. The third kappa shape index (κ3) is 5.92.